The van der Waals surface area contributed by atoms with Gasteiger partial charge in [-0.05, 0) is 36.5 Å². The first kappa shape index (κ1) is 6.04. The van der Waals surface area contributed by atoms with E-state index in [4.69, 9.17) is 0 Å². The molecular formula is C9H13NO. The van der Waals surface area contributed by atoms with Crippen molar-refractivity contribution in [3.63, 3.8) is 0 Å². The number of hydrogen-bond acceptors (Lipinski definition) is 1. The minimum absolute atomic E-state index is 0.289. The zero-order valence-corrected chi connectivity index (χ0v) is 6.60. The zero-order chi connectivity index (χ0) is 7.47. The van der Waals surface area contributed by atoms with Crippen LogP contribution in [0, 0.1) is 17.3 Å². The summed E-state index contributed by atoms with van der Waals surface area (Å²) < 4.78 is 0. The third-order valence-electron chi connectivity index (χ3n) is 3.87. The molecule has 1 saturated heterocycles. The van der Waals surface area contributed by atoms with Crippen LogP contribution in [0.1, 0.15) is 25.7 Å². The number of nitrogens with one attached hydrogen (secondary N) is 1. The van der Waals surface area contributed by atoms with Crippen LogP contribution < -0.4 is 5.32 Å². The topological polar surface area (TPSA) is 29.1 Å². The van der Waals surface area contributed by atoms with Gasteiger partial charge in [0, 0.05) is 13.0 Å². The van der Waals surface area contributed by atoms with Crippen LogP contribution in [-0.2, 0) is 4.79 Å². The summed E-state index contributed by atoms with van der Waals surface area (Å²) in [4.78, 5) is 11.1. The standard InChI is InChI=1S/C9H13NO/c11-8-4-9(5-10-8)2-1-6-3-7(6)9/h6-7H,1-5H2,(H,10,11). The summed E-state index contributed by atoms with van der Waals surface area (Å²) in [5.74, 6) is 2.21. The normalized spacial score (nSPS) is 52.9. The van der Waals surface area contributed by atoms with Crippen molar-refractivity contribution in [1.29, 1.82) is 0 Å². The lowest BCUT2D eigenvalue weighted by atomic mass is 9.82. The largest absolute Gasteiger partial charge is 0.356 e. The van der Waals surface area contributed by atoms with E-state index < -0.39 is 0 Å². The molecule has 3 atom stereocenters. The minimum Gasteiger partial charge on any atom is -0.356 e. The summed E-state index contributed by atoms with van der Waals surface area (Å²) in [6.07, 6.45) is 4.93. The van der Waals surface area contributed by atoms with E-state index in [2.05, 4.69) is 5.32 Å². The van der Waals surface area contributed by atoms with Gasteiger partial charge in [-0.15, -0.1) is 0 Å². The second kappa shape index (κ2) is 1.62. The zero-order valence-electron chi connectivity index (χ0n) is 6.60. The Bertz CT molecular complexity index is 226. The predicted octanol–water partition coefficient (Wildman–Crippen LogP) is 0.923. The molecule has 1 heterocycles. The van der Waals surface area contributed by atoms with Crippen molar-refractivity contribution < 1.29 is 4.79 Å². The summed E-state index contributed by atoms with van der Waals surface area (Å²) in [7, 11) is 0. The summed E-state index contributed by atoms with van der Waals surface area (Å²) in [6, 6.07) is 0. The van der Waals surface area contributed by atoms with E-state index in [9.17, 15) is 4.79 Å². The molecule has 2 nitrogen and oxygen atoms in total. The van der Waals surface area contributed by atoms with Crippen molar-refractivity contribution in [2.45, 2.75) is 25.7 Å². The second-order valence-corrected chi connectivity index (χ2v) is 4.46. The molecule has 1 amide bonds. The summed E-state index contributed by atoms with van der Waals surface area (Å²) >= 11 is 0. The summed E-state index contributed by atoms with van der Waals surface area (Å²) in [6.45, 7) is 0.979. The van der Waals surface area contributed by atoms with Crippen LogP contribution in [0.15, 0.2) is 0 Å². The molecule has 3 rings (SSSR count). The van der Waals surface area contributed by atoms with Gasteiger partial charge in [0.25, 0.3) is 0 Å². The van der Waals surface area contributed by atoms with Gasteiger partial charge in [-0.2, -0.15) is 0 Å². The molecule has 0 bridgehead atoms. The highest BCUT2D eigenvalue weighted by molar-refractivity contribution is 5.79. The number of rotatable bonds is 0. The number of carbonyl (C=O) groups excluding carboxylic acids is 1. The Balaban J connectivity index is 1.89. The van der Waals surface area contributed by atoms with Gasteiger partial charge in [0.15, 0.2) is 0 Å². The maximum atomic E-state index is 11.1. The van der Waals surface area contributed by atoms with Gasteiger partial charge in [-0.3, -0.25) is 4.79 Å². The Kier molecular flexibility index (Phi) is 0.890. The number of carbonyl (C=O) groups is 1. The first-order chi connectivity index (χ1) is 5.30. The molecule has 2 heteroatoms. The van der Waals surface area contributed by atoms with Gasteiger partial charge < -0.3 is 5.32 Å². The Hall–Kier alpha value is -0.530. The summed E-state index contributed by atoms with van der Waals surface area (Å²) in [5.41, 5.74) is 0.432. The third kappa shape index (κ3) is 0.652. The van der Waals surface area contributed by atoms with E-state index in [0.717, 1.165) is 24.8 Å². The maximum Gasteiger partial charge on any atom is 0.220 e. The van der Waals surface area contributed by atoms with E-state index in [1.54, 1.807) is 0 Å². The minimum atomic E-state index is 0.289. The number of fused-ring (bicyclic) bond motifs is 2. The molecular weight excluding hydrogens is 138 g/mol. The highest BCUT2D eigenvalue weighted by Crippen LogP contribution is 2.64. The van der Waals surface area contributed by atoms with Crippen molar-refractivity contribution in [3.8, 4) is 0 Å². The highest BCUT2D eigenvalue weighted by atomic mass is 16.1. The van der Waals surface area contributed by atoms with Gasteiger partial charge in [0.05, 0.1) is 0 Å². The van der Waals surface area contributed by atoms with Crippen molar-refractivity contribution in [2.75, 3.05) is 6.54 Å². The first-order valence-electron chi connectivity index (χ1n) is 4.57. The van der Waals surface area contributed by atoms with E-state index in [1.165, 1.54) is 19.3 Å². The predicted molar refractivity (Wildman–Crippen MR) is 40.9 cm³/mol. The molecule has 1 spiro atoms. The lowest BCUT2D eigenvalue weighted by Gasteiger charge is -2.21. The SMILES string of the molecule is O=C1CC2(CCC3CC32)CN1. The van der Waals surface area contributed by atoms with E-state index >= 15 is 0 Å². The molecule has 60 valence electrons. The van der Waals surface area contributed by atoms with E-state index in [1.807, 2.05) is 0 Å². The molecule has 2 saturated carbocycles. The fourth-order valence-electron chi connectivity index (χ4n) is 3.13. The van der Waals surface area contributed by atoms with Crippen LogP contribution in [-0.4, -0.2) is 12.5 Å². The van der Waals surface area contributed by atoms with Gasteiger partial charge >= 0.3 is 0 Å². The first-order valence-corrected chi connectivity index (χ1v) is 4.57. The van der Waals surface area contributed by atoms with Crippen molar-refractivity contribution in [3.05, 3.63) is 0 Å². The van der Waals surface area contributed by atoms with Gasteiger partial charge in [-0.25, -0.2) is 0 Å². The number of hydrogen-bond donors (Lipinski definition) is 1. The lowest BCUT2D eigenvalue weighted by Crippen LogP contribution is -2.23. The molecule has 11 heavy (non-hydrogen) atoms. The highest BCUT2D eigenvalue weighted by Gasteiger charge is 2.59. The van der Waals surface area contributed by atoms with Crippen molar-refractivity contribution in [1.82, 2.24) is 5.32 Å². The van der Waals surface area contributed by atoms with Crippen LogP contribution in [0.25, 0.3) is 0 Å². The van der Waals surface area contributed by atoms with E-state index in [-0.39, 0.29) is 5.91 Å². The fraction of sp³-hybridized carbons (Fsp3) is 0.889. The maximum absolute atomic E-state index is 11.1. The molecule has 3 unspecified atom stereocenters. The second-order valence-electron chi connectivity index (χ2n) is 4.46. The Morgan fingerprint density at radius 1 is 1.55 bits per heavy atom. The molecule has 3 fully saturated rings. The van der Waals surface area contributed by atoms with Crippen molar-refractivity contribution >= 4 is 5.91 Å². The molecule has 0 radical (unpaired) electrons. The van der Waals surface area contributed by atoms with Crippen molar-refractivity contribution in [2.24, 2.45) is 17.3 Å². The van der Waals surface area contributed by atoms with Crippen LogP contribution in [0.3, 0.4) is 0 Å². The van der Waals surface area contributed by atoms with Crippen LogP contribution in [0.4, 0.5) is 0 Å². The van der Waals surface area contributed by atoms with Gasteiger partial charge in [0.2, 0.25) is 5.91 Å². The molecule has 1 N–H and O–H groups in total. The van der Waals surface area contributed by atoms with Crippen LogP contribution in [0.2, 0.25) is 0 Å². The molecule has 0 aromatic heterocycles. The third-order valence-corrected chi connectivity index (χ3v) is 3.87. The quantitative estimate of drug-likeness (QED) is 0.548. The average molecular weight is 151 g/mol. The molecule has 1 aliphatic heterocycles. The molecule has 0 aromatic rings. The Morgan fingerprint density at radius 3 is 2.91 bits per heavy atom. The van der Waals surface area contributed by atoms with E-state index in [0.29, 0.717) is 5.41 Å². The van der Waals surface area contributed by atoms with Crippen LogP contribution in [0.5, 0.6) is 0 Å². The smallest absolute Gasteiger partial charge is 0.220 e. The van der Waals surface area contributed by atoms with Gasteiger partial charge in [0.1, 0.15) is 0 Å². The number of amides is 1. The van der Waals surface area contributed by atoms with Gasteiger partial charge in [-0.1, -0.05) is 0 Å². The van der Waals surface area contributed by atoms with Crippen LogP contribution >= 0.6 is 0 Å². The Labute approximate surface area is 66.4 Å². The monoisotopic (exact) mass is 151 g/mol. The Morgan fingerprint density at radius 2 is 2.45 bits per heavy atom. The molecule has 2 aliphatic carbocycles. The molecule has 3 aliphatic rings. The molecule has 0 aromatic carbocycles. The summed E-state index contributed by atoms with van der Waals surface area (Å²) in [5, 5.41) is 2.97. The fourth-order valence-corrected chi connectivity index (χ4v) is 3.13. The average Bonchev–Trinajstić information content (AvgIpc) is 2.60. The lowest BCUT2D eigenvalue weighted by molar-refractivity contribution is -0.119.